The Labute approximate surface area is 102 Å². The summed E-state index contributed by atoms with van der Waals surface area (Å²) < 4.78 is 24.7. The first-order valence-corrected chi connectivity index (χ1v) is 6.39. The summed E-state index contributed by atoms with van der Waals surface area (Å²) >= 11 is 0. The Morgan fingerprint density at radius 3 is 1.94 bits per heavy atom. The van der Waals surface area contributed by atoms with Gasteiger partial charge in [0.1, 0.15) is 0 Å². The van der Waals surface area contributed by atoms with E-state index in [4.69, 9.17) is 0 Å². The van der Waals surface area contributed by atoms with Crippen molar-refractivity contribution in [2.24, 2.45) is 10.3 Å². The number of rotatable bonds is 4. The number of nitrogens with zero attached hydrogens (tertiary/aromatic N) is 4. The average molecular weight is 256 g/mol. The van der Waals surface area contributed by atoms with Crippen molar-refractivity contribution < 1.29 is 8.42 Å². The van der Waals surface area contributed by atoms with E-state index in [1.807, 2.05) is 0 Å². The van der Waals surface area contributed by atoms with Gasteiger partial charge in [0.05, 0.1) is 10.6 Å². The fourth-order valence-electron chi connectivity index (χ4n) is 1.04. The Kier molecular flexibility index (Phi) is 4.19. The zero-order valence-corrected chi connectivity index (χ0v) is 11.1. The van der Waals surface area contributed by atoms with Crippen LogP contribution in [0.4, 0.5) is 5.69 Å². The topological polar surface area (TPSA) is 65.3 Å². The maximum absolute atomic E-state index is 11.8. The van der Waals surface area contributed by atoms with Crippen LogP contribution in [0.3, 0.4) is 0 Å². The van der Waals surface area contributed by atoms with Crippen LogP contribution in [-0.2, 0) is 10.0 Å². The standard InChI is InChI=1S/C10H16N4O2S/c1-13(2)12-11-9-5-7-10(8-6-9)17(15,16)14(3)4/h5-8H,1-4H3. The molecule has 0 aliphatic heterocycles. The number of benzene rings is 1. The molecule has 7 heteroatoms. The lowest BCUT2D eigenvalue weighted by Crippen LogP contribution is -2.21. The molecule has 0 aliphatic carbocycles. The number of sulfonamides is 1. The molecule has 0 radical (unpaired) electrons. The van der Waals surface area contributed by atoms with Crippen LogP contribution in [0.1, 0.15) is 0 Å². The first-order valence-electron chi connectivity index (χ1n) is 4.95. The average Bonchev–Trinajstić information content (AvgIpc) is 2.26. The molecule has 17 heavy (non-hydrogen) atoms. The van der Waals surface area contributed by atoms with Crippen molar-refractivity contribution in [1.82, 2.24) is 9.31 Å². The van der Waals surface area contributed by atoms with E-state index in [1.165, 1.54) is 30.5 Å². The van der Waals surface area contributed by atoms with Gasteiger partial charge in [-0.05, 0) is 24.3 Å². The molecule has 0 aliphatic rings. The minimum Gasteiger partial charge on any atom is -0.285 e. The van der Waals surface area contributed by atoms with Gasteiger partial charge in [-0.15, -0.1) is 5.11 Å². The molecular weight excluding hydrogens is 240 g/mol. The summed E-state index contributed by atoms with van der Waals surface area (Å²) in [7, 11) is 3.13. The van der Waals surface area contributed by atoms with Gasteiger partial charge in [0.2, 0.25) is 10.0 Å². The smallest absolute Gasteiger partial charge is 0.242 e. The lowest BCUT2D eigenvalue weighted by molar-refractivity contribution is 0.408. The van der Waals surface area contributed by atoms with E-state index >= 15 is 0 Å². The summed E-state index contributed by atoms with van der Waals surface area (Å²) in [5.41, 5.74) is 0.608. The summed E-state index contributed by atoms with van der Waals surface area (Å²) in [5.74, 6) is 0. The highest BCUT2D eigenvalue weighted by Crippen LogP contribution is 2.18. The molecule has 0 fully saturated rings. The molecule has 0 unspecified atom stereocenters. The van der Waals surface area contributed by atoms with Crippen molar-refractivity contribution in [2.75, 3.05) is 28.2 Å². The van der Waals surface area contributed by atoms with E-state index in [0.29, 0.717) is 5.69 Å². The predicted octanol–water partition coefficient (Wildman–Crippen LogP) is 1.50. The number of hydrogen-bond donors (Lipinski definition) is 0. The first kappa shape index (κ1) is 13.6. The van der Waals surface area contributed by atoms with Crippen molar-refractivity contribution in [2.45, 2.75) is 4.90 Å². The largest absolute Gasteiger partial charge is 0.285 e. The van der Waals surface area contributed by atoms with E-state index in [-0.39, 0.29) is 4.90 Å². The second kappa shape index (κ2) is 5.24. The van der Waals surface area contributed by atoms with Gasteiger partial charge in [0.15, 0.2) is 0 Å². The maximum Gasteiger partial charge on any atom is 0.242 e. The Morgan fingerprint density at radius 1 is 1.00 bits per heavy atom. The minimum absolute atomic E-state index is 0.242. The summed E-state index contributed by atoms with van der Waals surface area (Å²) in [6.07, 6.45) is 0. The summed E-state index contributed by atoms with van der Waals surface area (Å²) in [6, 6.07) is 6.26. The van der Waals surface area contributed by atoms with E-state index in [9.17, 15) is 8.42 Å². The lowest BCUT2D eigenvalue weighted by atomic mass is 10.3. The van der Waals surface area contributed by atoms with E-state index in [2.05, 4.69) is 10.3 Å². The molecule has 94 valence electrons. The van der Waals surface area contributed by atoms with Crippen molar-refractivity contribution in [3.8, 4) is 0 Å². The summed E-state index contributed by atoms with van der Waals surface area (Å²) in [5, 5.41) is 9.30. The highest BCUT2D eigenvalue weighted by atomic mass is 32.2. The van der Waals surface area contributed by atoms with Gasteiger partial charge in [-0.3, -0.25) is 5.01 Å². The molecule has 0 amide bonds. The van der Waals surface area contributed by atoms with Crippen molar-refractivity contribution >= 4 is 15.7 Å². The van der Waals surface area contributed by atoms with Gasteiger partial charge < -0.3 is 0 Å². The van der Waals surface area contributed by atoms with Crippen LogP contribution in [0.5, 0.6) is 0 Å². The zero-order chi connectivity index (χ0) is 13.1. The Bertz CT molecular complexity index is 492. The number of hydrogen-bond acceptors (Lipinski definition) is 4. The van der Waals surface area contributed by atoms with Crippen LogP contribution in [0.2, 0.25) is 0 Å². The predicted molar refractivity (Wildman–Crippen MR) is 65.5 cm³/mol. The summed E-state index contributed by atoms with van der Waals surface area (Å²) in [4.78, 5) is 0.242. The van der Waals surface area contributed by atoms with Gasteiger partial charge in [0.25, 0.3) is 0 Å². The van der Waals surface area contributed by atoms with Crippen LogP contribution in [-0.4, -0.2) is 45.9 Å². The Morgan fingerprint density at radius 2 is 1.53 bits per heavy atom. The van der Waals surface area contributed by atoms with Crippen molar-refractivity contribution in [1.29, 1.82) is 0 Å². The zero-order valence-electron chi connectivity index (χ0n) is 10.3. The van der Waals surface area contributed by atoms with Crippen LogP contribution in [0, 0.1) is 0 Å². The van der Waals surface area contributed by atoms with Gasteiger partial charge in [-0.2, -0.15) is 0 Å². The minimum atomic E-state index is -3.37. The highest BCUT2D eigenvalue weighted by molar-refractivity contribution is 7.89. The molecule has 0 heterocycles. The molecule has 0 bridgehead atoms. The van der Waals surface area contributed by atoms with Crippen LogP contribution >= 0.6 is 0 Å². The van der Waals surface area contributed by atoms with Gasteiger partial charge >= 0.3 is 0 Å². The Hall–Kier alpha value is -1.47. The fraction of sp³-hybridized carbons (Fsp3) is 0.400. The maximum atomic E-state index is 11.8. The van der Waals surface area contributed by atoms with Gasteiger partial charge in [-0.25, -0.2) is 12.7 Å². The molecule has 0 aromatic heterocycles. The fourth-order valence-corrected chi connectivity index (χ4v) is 1.94. The van der Waals surface area contributed by atoms with E-state index in [0.717, 1.165) is 0 Å². The van der Waals surface area contributed by atoms with E-state index in [1.54, 1.807) is 31.2 Å². The van der Waals surface area contributed by atoms with Gasteiger partial charge in [-0.1, -0.05) is 5.22 Å². The van der Waals surface area contributed by atoms with Gasteiger partial charge in [0, 0.05) is 28.2 Å². The van der Waals surface area contributed by atoms with Crippen LogP contribution in [0.25, 0.3) is 0 Å². The molecule has 0 saturated carbocycles. The molecule has 1 aromatic rings. The molecule has 0 atom stereocenters. The Balaban J connectivity index is 2.97. The third-order valence-electron chi connectivity index (χ3n) is 1.95. The molecular formula is C10H16N4O2S. The first-order chi connectivity index (χ1) is 7.84. The van der Waals surface area contributed by atoms with Crippen molar-refractivity contribution in [3.63, 3.8) is 0 Å². The van der Waals surface area contributed by atoms with Crippen molar-refractivity contribution in [3.05, 3.63) is 24.3 Å². The second-order valence-electron chi connectivity index (χ2n) is 3.82. The third-order valence-corrected chi connectivity index (χ3v) is 3.78. The molecule has 0 spiro atoms. The lowest BCUT2D eigenvalue weighted by Gasteiger charge is -2.10. The van der Waals surface area contributed by atoms with Crippen LogP contribution in [0.15, 0.2) is 39.5 Å². The third kappa shape index (κ3) is 3.50. The monoisotopic (exact) mass is 256 g/mol. The second-order valence-corrected chi connectivity index (χ2v) is 5.97. The molecule has 1 aromatic carbocycles. The van der Waals surface area contributed by atoms with Crippen LogP contribution < -0.4 is 0 Å². The quantitative estimate of drug-likeness (QED) is 0.605. The molecule has 6 nitrogen and oxygen atoms in total. The molecule has 0 saturated heterocycles. The summed E-state index contributed by atoms with van der Waals surface area (Å²) in [6.45, 7) is 0. The highest BCUT2D eigenvalue weighted by Gasteiger charge is 2.16. The normalized spacial score (nSPS) is 12.3. The molecule has 0 N–H and O–H groups in total. The SMILES string of the molecule is CN(C)N=Nc1ccc(S(=O)(=O)N(C)C)cc1. The molecule has 1 rings (SSSR count). The van der Waals surface area contributed by atoms with E-state index < -0.39 is 10.0 Å².